The van der Waals surface area contributed by atoms with E-state index >= 15 is 0 Å². The number of carbonyl (C=O) groups is 1. The summed E-state index contributed by atoms with van der Waals surface area (Å²) < 4.78 is 38.5. The number of hydrogen-bond donors (Lipinski definition) is 1. The van der Waals surface area contributed by atoms with Crippen molar-refractivity contribution in [3.05, 3.63) is 71.3 Å². The van der Waals surface area contributed by atoms with Crippen molar-refractivity contribution in [3.63, 3.8) is 0 Å². The summed E-state index contributed by atoms with van der Waals surface area (Å²) in [6.45, 7) is 0.708. The van der Waals surface area contributed by atoms with E-state index in [2.05, 4.69) is 4.90 Å². The lowest BCUT2D eigenvalue weighted by Crippen LogP contribution is -2.58. The van der Waals surface area contributed by atoms with Gasteiger partial charge in [0.25, 0.3) is 0 Å². The first-order valence-electron chi connectivity index (χ1n) is 10.0. The molecular formula is C23H24F3NO2. The van der Waals surface area contributed by atoms with Crippen molar-refractivity contribution in [1.29, 1.82) is 0 Å². The number of carbonyl (C=O) groups excluding carboxylic acids is 1. The number of piperidine rings is 2. The summed E-state index contributed by atoms with van der Waals surface area (Å²) in [5.41, 5.74) is 0.758. The molecule has 2 aliphatic rings. The first-order valence-corrected chi connectivity index (χ1v) is 10.0. The van der Waals surface area contributed by atoms with Gasteiger partial charge in [-0.3, -0.25) is 9.69 Å². The Morgan fingerprint density at radius 2 is 1.72 bits per heavy atom. The molecule has 29 heavy (non-hydrogen) atoms. The normalized spacial score (nSPS) is 26.3. The van der Waals surface area contributed by atoms with Crippen molar-refractivity contribution in [1.82, 2.24) is 4.90 Å². The fraction of sp³-hybridized carbons (Fsp3) is 0.435. The van der Waals surface area contributed by atoms with Crippen LogP contribution in [0, 0.1) is 5.92 Å². The largest absolute Gasteiger partial charge is 0.416 e. The Balaban J connectivity index is 1.59. The number of aliphatic hydroxyl groups excluding tert-OH is 1. The third-order valence-electron chi connectivity index (χ3n) is 6.28. The van der Waals surface area contributed by atoms with Crippen LogP contribution in [0.1, 0.15) is 48.5 Å². The van der Waals surface area contributed by atoms with Crippen LogP contribution in [0.15, 0.2) is 54.6 Å². The molecule has 154 valence electrons. The summed E-state index contributed by atoms with van der Waals surface area (Å²) in [4.78, 5) is 15.2. The van der Waals surface area contributed by atoms with Gasteiger partial charge < -0.3 is 5.11 Å². The van der Waals surface area contributed by atoms with Crippen molar-refractivity contribution in [2.45, 2.75) is 56.6 Å². The molecule has 2 aromatic carbocycles. The SMILES string of the molecule is O=C1C[C@@H]2CCC[C@H]([C@H]1[C@@H](O)c1ccc(C(F)(F)F)cc1)N2Cc1ccccc1. The molecule has 4 atom stereocenters. The number of rotatable bonds is 4. The van der Waals surface area contributed by atoms with Gasteiger partial charge in [-0.2, -0.15) is 13.2 Å². The van der Waals surface area contributed by atoms with Gasteiger partial charge in [-0.05, 0) is 36.1 Å². The van der Waals surface area contributed by atoms with Crippen LogP contribution >= 0.6 is 0 Å². The minimum absolute atomic E-state index is 0.0106. The fourth-order valence-electron chi connectivity index (χ4n) is 4.86. The first-order chi connectivity index (χ1) is 13.8. The van der Waals surface area contributed by atoms with E-state index in [1.165, 1.54) is 12.1 Å². The molecule has 2 heterocycles. The van der Waals surface area contributed by atoms with Crippen LogP contribution < -0.4 is 0 Å². The predicted octanol–water partition coefficient (Wildman–Crippen LogP) is 4.75. The van der Waals surface area contributed by atoms with E-state index in [1.54, 1.807) is 0 Å². The molecule has 0 aromatic heterocycles. The lowest BCUT2D eigenvalue weighted by Gasteiger charge is -2.50. The van der Waals surface area contributed by atoms with E-state index in [0.717, 1.165) is 37.0 Å². The second-order valence-corrected chi connectivity index (χ2v) is 8.07. The maximum Gasteiger partial charge on any atom is 0.416 e. The number of hydrogen-bond acceptors (Lipinski definition) is 3. The van der Waals surface area contributed by atoms with Gasteiger partial charge in [0.2, 0.25) is 0 Å². The van der Waals surface area contributed by atoms with Crippen molar-refractivity contribution in [2.75, 3.05) is 0 Å². The standard InChI is InChI=1S/C23H24F3NO2/c24-23(25,26)17-11-9-16(10-12-17)22(29)21-19-8-4-7-18(13-20(21)28)27(19)14-15-5-2-1-3-6-15/h1-3,5-6,9-12,18-19,21-22,29H,4,7-8,13-14H2/t18-,19+,21+,22-/m0/s1. The van der Waals surface area contributed by atoms with Crippen molar-refractivity contribution in [2.24, 2.45) is 5.92 Å². The number of Topliss-reactive ketones (excluding diaryl/α,β-unsaturated/α-hetero) is 1. The van der Waals surface area contributed by atoms with Crippen LogP contribution in [0.4, 0.5) is 13.2 Å². The molecule has 0 aliphatic carbocycles. The Morgan fingerprint density at radius 1 is 1.03 bits per heavy atom. The van der Waals surface area contributed by atoms with Crippen molar-refractivity contribution < 1.29 is 23.1 Å². The van der Waals surface area contributed by atoms with E-state index in [-0.39, 0.29) is 17.9 Å². The van der Waals surface area contributed by atoms with Crippen molar-refractivity contribution >= 4 is 5.78 Å². The van der Waals surface area contributed by atoms with Crippen LogP contribution in [0.5, 0.6) is 0 Å². The molecule has 1 N–H and O–H groups in total. The molecule has 0 radical (unpaired) electrons. The zero-order valence-corrected chi connectivity index (χ0v) is 16.0. The highest BCUT2D eigenvalue weighted by Crippen LogP contribution is 2.42. The monoisotopic (exact) mass is 403 g/mol. The summed E-state index contributed by atoms with van der Waals surface area (Å²) in [5.74, 6) is -0.608. The molecule has 0 spiro atoms. The van der Waals surface area contributed by atoms with Gasteiger partial charge in [-0.1, -0.05) is 48.9 Å². The average Bonchev–Trinajstić information content (AvgIpc) is 2.69. The topological polar surface area (TPSA) is 40.5 Å². The highest BCUT2D eigenvalue weighted by molar-refractivity contribution is 5.84. The number of nitrogens with zero attached hydrogens (tertiary/aromatic N) is 1. The van der Waals surface area contributed by atoms with Crippen LogP contribution in [-0.2, 0) is 17.5 Å². The Hall–Kier alpha value is -2.18. The van der Waals surface area contributed by atoms with Crippen molar-refractivity contribution in [3.8, 4) is 0 Å². The molecule has 2 bridgehead atoms. The zero-order chi connectivity index (χ0) is 20.6. The van der Waals surface area contributed by atoms with E-state index in [0.29, 0.717) is 18.5 Å². The molecule has 4 rings (SSSR count). The molecule has 0 unspecified atom stereocenters. The number of aliphatic hydroxyl groups is 1. The number of alkyl halides is 3. The van der Waals surface area contributed by atoms with E-state index < -0.39 is 23.8 Å². The molecule has 2 aliphatic heterocycles. The number of benzene rings is 2. The molecule has 2 saturated heterocycles. The quantitative estimate of drug-likeness (QED) is 0.801. The van der Waals surface area contributed by atoms with Gasteiger partial charge in [0.1, 0.15) is 5.78 Å². The second-order valence-electron chi connectivity index (χ2n) is 8.07. The Labute approximate surface area is 168 Å². The number of halogens is 3. The minimum atomic E-state index is -4.42. The average molecular weight is 403 g/mol. The van der Waals surface area contributed by atoms with Crippen LogP contribution in [0.3, 0.4) is 0 Å². The summed E-state index contributed by atoms with van der Waals surface area (Å²) in [7, 11) is 0. The summed E-state index contributed by atoms with van der Waals surface area (Å²) in [6.07, 6.45) is -2.40. The lowest BCUT2D eigenvalue weighted by molar-refractivity contribution is -0.142. The maximum atomic E-state index is 12.9. The summed E-state index contributed by atoms with van der Waals surface area (Å²) >= 11 is 0. The molecule has 6 heteroatoms. The van der Waals surface area contributed by atoms with Gasteiger partial charge >= 0.3 is 6.18 Å². The number of ketones is 1. The Kier molecular flexibility index (Phi) is 5.49. The van der Waals surface area contributed by atoms with E-state index in [4.69, 9.17) is 0 Å². The summed E-state index contributed by atoms with van der Waals surface area (Å²) in [5, 5.41) is 11.0. The number of fused-ring (bicyclic) bond motifs is 2. The third-order valence-corrected chi connectivity index (χ3v) is 6.28. The maximum absolute atomic E-state index is 12.9. The fourth-order valence-corrected chi connectivity index (χ4v) is 4.86. The highest BCUT2D eigenvalue weighted by atomic mass is 19.4. The van der Waals surface area contributed by atoms with Gasteiger partial charge in [0.15, 0.2) is 0 Å². The highest BCUT2D eigenvalue weighted by Gasteiger charge is 2.47. The molecular weight excluding hydrogens is 379 g/mol. The molecule has 2 fully saturated rings. The molecule has 0 amide bonds. The minimum Gasteiger partial charge on any atom is -0.388 e. The second kappa shape index (κ2) is 7.92. The van der Waals surface area contributed by atoms with Crippen LogP contribution in [-0.4, -0.2) is 27.9 Å². The van der Waals surface area contributed by atoms with Gasteiger partial charge in [0, 0.05) is 25.0 Å². The lowest BCUT2D eigenvalue weighted by atomic mass is 9.73. The molecule has 0 saturated carbocycles. The van der Waals surface area contributed by atoms with Gasteiger partial charge in [0.05, 0.1) is 17.6 Å². The smallest absolute Gasteiger partial charge is 0.388 e. The molecule has 3 nitrogen and oxygen atoms in total. The van der Waals surface area contributed by atoms with Gasteiger partial charge in [-0.15, -0.1) is 0 Å². The Morgan fingerprint density at radius 3 is 2.38 bits per heavy atom. The van der Waals surface area contributed by atoms with Crippen LogP contribution in [0.2, 0.25) is 0 Å². The zero-order valence-electron chi connectivity index (χ0n) is 16.0. The third kappa shape index (κ3) is 4.09. The molecule has 2 aromatic rings. The first kappa shape index (κ1) is 20.1. The van der Waals surface area contributed by atoms with Crippen LogP contribution in [0.25, 0.3) is 0 Å². The van der Waals surface area contributed by atoms with E-state index in [1.807, 2.05) is 30.3 Å². The van der Waals surface area contributed by atoms with E-state index in [9.17, 15) is 23.1 Å². The summed E-state index contributed by atoms with van der Waals surface area (Å²) in [6, 6.07) is 14.6. The predicted molar refractivity (Wildman–Crippen MR) is 103 cm³/mol. The Bertz CT molecular complexity index is 851. The van der Waals surface area contributed by atoms with Gasteiger partial charge in [-0.25, -0.2) is 0 Å².